The van der Waals surface area contributed by atoms with E-state index in [-0.39, 0.29) is 18.2 Å². The summed E-state index contributed by atoms with van der Waals surface area (Å²) in [6.45, 7) is 1.44. The molecule has 2 amide bonds. The Kier molecular flexibility index (Phi) is 3.97. The average molecular weight is 257 g/mol. The lowest BCUT2D eigenvalue weighted by Gasteiger charge is -2.07. The smallest absolute Gasteiger partial charge is 0.230 e. The number of H-pyrrole nitrogens is 1. The largest absolute Gasteiger partial charge is 0.365 e. The fraction of sp³-hybridized carbons (Fsp3) is 0.143. The van der Waals surface area contributed by atoms with Crippen molar-refractivity contribution in [3.8, 4) is 0 Å². The van der Waals surface area contributed by atoms with Crippen LogP contribution in [0.4, 0.5) is 11.4 Å². The number of carbonyl (C=O) groups excluding carboxylic acids is 2. The van der Waals surface area contributed by atoms with E-state index in [0.29, 0.717) is 11.4 Å². The molecule has 0 spiro atoms. The van der Waals surface area contributed by atoms with E-state index in [0.717, 1.165) is 5.69 Å². The van der Waals surface area contributed by atoms with Crippen molar-refractivity contribution >= 4 is 23.2 Å². The van der Waals surface area contributed by atoms with E-state index in [1.165, 1.54) is 6.92 Å². The molecule has 5 heteroatoms. The van der Waals surface area contributed by atoms with Crippen LogP contribution in [0.15, 0.2) is 42.6 Å². The van der Waals surface area contributed by atoms with Crippen molar-refractivity contribution in [3.05, 3.63) is 48.3 Å². The SMILES string of the molecule is CC(=O)Nc1cccc(NC(=O)Cc2ccc[nH]2)c1. The molecule has 3 N–H and O–H groups in total. The summed E-state index contributed by atoms with van der Waals surface area (Å²) in [5.41, 5.74) is 2.17. The average Bonchev–Trinajstić information content (AvgIpc) is 2.81. The monoisotopic (exact) mass is 257 g/mol. The van der Waals surface area contributed by atoms with Gasteiger partial charge in [0.2, 0.25) is 11.8 Å². The first-order valence-corrected chi connectivity index (χ1v) is 5.93. The molecule has 0 aliphatic carbocycles. The van der Waals surface area contributed by atoms with Crippen LogP contribution in [0.3, 0.4) is 0 Å². The maximum atomic E-state index is 11.8. The molecule has 98 valence electrons. The zero-order valence-electron chi connectivity index (χ0n) is 10.6. The highest BCUT2D eigenvalue weighted by atomic mass is 16.2. The number of aromatic nitrogens is 1. The molecule has 0 aliphatic heterocycles. The van der Waals surface area contributed by atoms with Crippen LogP contribution >= 0.6 is 0 Å². The number of hydrogen-bond donors (Lipinski definition) is 3. The molecule has 0 atom stereocenters. The van der Waals surface area contributed by atoms with Gasteiger partial charge in [0.1, 0.15) is 0 Å². The Hall–Kier alpha value is -2.56. The molecule has 0 bridgehead atoms. The maximum absolute atomic E-state index is 11.8. The van der Waals surface area contributed by atoms with Crippen LogP contribution in [0.2, 0.25) is 0 Å². The Morgan fingerprint density at radius 3 is 2.47 bits per heavy atom. The van der Waals surface area contributed by atoms with Crippen molar-refractivity contribution < 1.29 is 9.59 Å². The summed E-state index contributed by atoms with van der Waals surface area (Å²) in [4.78, 5) is 25.7. The summed E-state index contributed by atoms with van der Waals surface area (Å²) in [6.07, 6.45) is 2.07. The van der Waals surface area contributed by atoms with Gasteiger partial charge in [0, 0.05) is 30.2 Å². The van der Waals surface area contributed by atoms with Gasteiger partial charge in [-0.1, -0.05) is 6.07 Å². The Morgan fingerprint density at radius 1 is 1.11 bits per heavy atom. The molecule has 1 aromatic heterocycles. The van der Waals surface area contributed by atoms with E-state index >= 15 is 0 Å². The Labute approximate surface area is 111 Å². The quantitative estimate of drug-likeness (QED) is 0.785. The summed E-state index contributed by atoms with van der Waals surface area (Å²) >= 11 is 0. The standard InChI is InChI=1S/C14H15N3O2/c1-10(18)16-12-4-2-5-13(8-12)17-14(19)9-11-6-3-7-15-11/h2-8,15H,9H2,1H3,(H,16,18)(H,17,19). The van der Waals surface area contributed by atoms with Gasteiger partial charge in [-0.3, -0.25) is 9.59 Å². The van der Waals surface area contributed by atoms with Gasteiger partial charge in [-0.15, -0.1) is 0 Å². The molecule has 19 heavy (non-hydrogen) atoms. The van der Waals surface area contributed by atoms with E-state index in [9.17, 15) is 9.59 Å². The summed E-state index contributed by atoms with van der Waals surface area (Å²) < 4.78 is 0. The molecule has 0 fully saturated rings. The van der Waals surface area contributed by atoms with Crippen molar-refractivity contribution in [2.75, 3.05) is 10.6 Å². The van der Waals surface area contributed by atoms with E-state index in [1.807, 2.05) is 12.1 Å². The predicted octanol–water partition coefficient (Wildman–Crippen LogP) is 2.15. The minimum absolute atomic E-state index is 0.109. The van der Waals surface area contributed by atoms with Gasteiger partial charge >= 0.3 is 0 Å². The summed E-state index contributed by atoms with van der Waals surface area (Å²) in [7, 11) is 0. The van der Waals surface area contributed by atoms with E-state index in [4.69, 9.17) is 0 Å². The van der Waals surface area contributed by atoms with E-state index in [2.05, 4.69) is 15.6 Å². The third kappa shape index (κ3) is 3.99. The topological polar surface area (TPSA) is 74.0 Å². The van der Waals surface area contributed by atoms with Gasteiger partial charge in [0.25, 0.3) is 0 Å². The first-order valence-electron chi connectivity index (χ1n) is 5.93. The predicted molar refractivity (Wildman–Crippen MR) is 73.9 cm³/mol. The first-order chi connectivity index (χ1) is 9.13. The Bertz CT molecular complexity index is 576. The highest BCUT2D eigenvalue weighted by Crippen LogP contribution is 2.15. The number of benzene rings is 1. The Morgan fingerprint density at radius 2 is 1.84 bits per heavy atom. The van der Waals surface area contributed by atoms with Crippen LogP contribution in [-0.2, 0) is 16.0 Å². The van der Waals surface area contributed by atoms with Gasteiger partial charge < -0.3 is 15.6 Å². The molecule has 2 aromatic rings. The molecular weight excluding hydrogens is 242 g/mol. The summed E-state index contributed by atoms with van der Waals surface area (Å²) in [5.74, 6) is -0.253. The first kappa shape index (κ1) is 12.9. The fourth-order valence-corrected chi connectivity index (χ4v) is 1.73. The second-order valence-corrected chi connectivity index (χ2v) is 4.18. The van der Waals surface area contributed by atoms with Crippen LogP contribution in [0, 0.1) is 0 Å². The van der Waals surface area contributed by atoms with Crippen LogP contribution < -0.4 is 10.6 Å². The summed E-state index contributed by atoms with van der Waals surface area (Å²) in [6, 6.07) is 10.7. The molecule has 1 aromatic carbocycles. The molecule has 0 aliphatic rings. The van der Waals surface area contributed by atoms with Crippen molar-refractivity contribution in [2.45, 2.75) is 13.3 Å². The second kappa shape index (κ2) is 5.86. The third-order valence-electron chi connectivity index (χ3n) is 2.48. The molecule has 5 nitrogen and oxygen atoms in total. The molecule has 0 saturated carbocycles. The van der Waals surface area contributed by atoms with E-state index in [1.54, 1.807) is 30.5 Å². The molecule has 2 rings (SSSR count). The van der Waals surface area contributed by atoms with Gasteiger partial charge in [-0.25, -0.2) is 0 Å². The van der Waals surface area contributed by atoms with Gasteiger partial charge in [0.05, 0.1) is 6.42 Å². The van der Waals surface area contributed by atoms with Gasteiger partial charge in [-0.05, 0) is 30.3 Å². The van der Waals surface area contributed by atoms with Crippen LogP contribution in [0.1, 0.15) is 12.6 Å². The number of nitrogens with one attached hydrogen (secondary N) is 3. The number of anilines is 2. The molecule has 0 saturated heterocycles. The number of aromatic amines is 1. The Balaban J connectivity index is 1.98. The lowest BCUT2D eigenvalue weighted by Crippen LogP contribution is -2.15. The van der Waals surface area contributed by atoms with Crippen LogP contribution in [0.5, 0.6) is 0 Å². The molecule has 1 heterocycles. The lowest BCUT2D eigenvalue weighted by molar-refractivity contribution is -0.116. The zero-order chi connectivity index (χ0) is 13.7. The van der Waals surface area contributed by atoms with Crippen molar-refractivity contribution in [2.24, 2.45) is 0 Å². The van der Waals surface area contributed by atoms with Crippen molar-refractivity contribution in [1.29, 1.82) is 0 Å². The molecular formula is C14H15N3O2. The molecule has 0 radical (unpaired) electrons. The lowest BCUT2D eigenvalue weighted by atomic mass is 10.2. The third-order valence-corrected chi connectivity index (χ3v) is 2.48. The number of rotatable bonds is 4. The maximum Gasteiger partial charge on any atom is 0.230 e. The van der Waals surface area contributed by atoms with Gasteiger partial charge in [-0.2, -0.15) is 0 Å². The highest BCUT2D eigenvalue weighted by molar-refractivity contribution is 5.94. The number of amides is 2. The summed E-state index contributed by atoms with van der Waals surface area (Å²) in [5, 5.41) is 5.45. The van der Waals surface area contributed by atoms with Crippen LogP contribution in [0.25, 0.3) is 0 Å². The van der Waals surface area contributed by atoms with Gasteiger partial charge in [0.15, 0.2) is 0 Å². The normalized spacial score (nSPS) is 9.95. The minimum atomic E-state index is -0.144. The highest BCUT2D eigenvalue weighted by Gasteiger charge is 2.05. The van der Waals surface area contributed by atoms with Crippen LogP contribution in [-0.4, -0.2) is 16.8 Å². The zero-order valence-corrected chi connectivity index (χ0v) is 10.6. The van der Waals surface area contributed by atoms with E-state index < -0.39 is 0 Å². The molecule has 0 unspecified atom stereocenters. The second-order valence-electron chi connectivity index (χ2n) is 4.18. The number of carbonyl (C=O) groups is 2. The van der Waals surface area contributed by atoms with Crippen molar-refractivity contribution in [1.82, 2.24) is 4.98 Å². The minimum Gasteiger partial charge on any atom is -0.365 e. The number of hydrogen-bond acceptors (Lipinski definition) is 2. The van der Waals surface area contributed by atoms with Crippen molar-refractivity contribution in [3.63, 3.8) is 0 Å². The fourth-order valence-electron chi connectivity index (χ4n) is 1.73.